The van der Waals surface area contributed by atoms with E-state index in [0.717, 1.165) is 59.8 Å². The molecule has 3 aliphatic rings. The summed E-state index contributed by atoms with van der Waals surface area (Å²) in [5.74, 6) is 0.905. The van der Waals surface area contributed by atoms with Gasteiger partial charge in [-0.25, -0.2) is 14.6 Å². The number of carbonyl (C=O) groups excluding carboxylic acids is 2. The van der Waals surface area contributed by atoms with Crippen LogP contribution >= 0.6 is 0 Å². The lowest BCUT2D eigenvalue weighted by molar-refractivity contribution is 0.0439. The number of benzene rings is 1. The molecule has 6 rings (SSSR count). The Morgan fingerprint density at radius 3 is 2.55 bits per heavy atom. The lowest BCUT2D eigenvalue weighted by Gasteiger charge is -2.35. The van der Waals surface area contributed by atoms with Crippen LogP contribution in [0.25, 0.3) is 22.4 Å². The molecule has 42 heavy (non-hydrogen) atoms. The van der Waals surface area contributed by atoms with Crippen molar-refractivity contribution in [3.8, 4) is 22.4 Å². The number of rotatable bonds is 5. The van der Waals surface area contributed by atoms with Crippen molar-refractivity contribution < 1.29 is 14.3 Å². The Bertz CT molecular complexity index is 1490. The average molecular weight is 571 g/mol. The third-order valence-electron chi connectivity index (χ3n) is 8.21. The third kappa shape index (κ3) is 5.56. The number of aryl methyl sites for hydroxylation is 1. The molecule has 11 nitrogen and oxygen atoms in total. The summed E-state index contributed by atoms with van der Waals surface area (Å²) in [6.45, 7) is 6.72. The van der Waals surface area contributed by atoms with Crippen LogP contribution in [0, 0.1) is 0 Å². The third-order valence-corrected chi connectivity index (χ3v) is 8.21. The predicted octanol–water partition coefficient (Wildman–Crippen LogP) is 4.15. The van der Waals surface area contributed by atoms with E-state index in [4.69, 9.17) is 9.84 Å². The average Bonchev–Trinajstić information content (AvgIpc) is 3.66. The molecule has 3 aromatic rings. The Hall–Kier alpha value is -4.38. The predicted molar refractivity (Wildman–Crippen MR) is 162 cm³/mol. The highest BCUT2D eigenvalue weighted by Gasteiger charge is 2.31. The van der Waals surface area contributed by atoms with E-state index < -0.39 is 0 Å². The van der Waals surface area contributed by atoms with Gasteiger partial charge in [0.05, 0.1) is 19.3 Å². The standard InChI is InChI=1S/C31H38N8O3/c1-4-39-20-26(28(35-39)22-5-7-23(8-6-22)33-30(40)36(2)3)24-9-12-32-29-25(24)19-27(34-29)21-10-13-37(14-11-21)31(41)38-15-17-42-18-16-38/h5-10,12,20,27H,4,11,13-19H2,1-3H3,(H,32,34)(H,33,40). The molecule has 1 aromatic carbocycles. The fraction of sp³-hybridized carbons (Fsp3) is 0.419. The van der Waals surface area contributed by atoms with Gasteiger partial charge in [-0.15, -0.1) is 0 Å². The van der Waals surface area contributed by atoms with Crippen molar-refractivity contribution in [3.05, 3.63) is 59.9 Å². The van der Waals surface area contributed by atoms with Gasteiger partial charge in [0.1, 0.15) is 11.5 Å². The highest BCUT2D eigenvalue weighted by molar-refractivity contribution is 5.90. The number of morpholine rings is 1. The summed E-state index contributed by atoms with van der Waals surface area (Å²) in [6, 6.07) is 9.97. The normalized spacial score (nSPS) is 18.3. The molecule has 3 aliphatic heterocycles. The van der Waals surface area contributed by atoms with E-state index in [9.17, 15) is 9.59 Å². The van der Waals surface area contributed by atoms with E-state index in [1.165, 1.54) is 16.0 Å². The quantitative estimate of drug-likeness (QED) is 0.447. The summed E-state index contributed by atoms with van der Waals surface area (Å²) in [5, 5.41) is 11.5. The van der Waals surface area contributed by atoms with Crippen LogP contribution in [0.2, 0.25) is 0 Å². The molecule has 4 amide bonds. The van der Waals surface area contributed by atoms with Gasteiger partial charge in [-0.05, 0) is 42.7 Å². The van der Waals surface area contributed by atoms with Crippen molar-refractivity contribution in [1.29, 1.82) is 0 Å². The molecule has 2 N–H and O–H groups in total. The summed E-state index contributed by atoms with van der Waals surface area (Å²) < 4.78 is 7.36. The maximum absolute atomic E-state index is 12.9. The molecule has 0 saturated carbocycles. The van der Waals surface area contributed by atoms with Crippen LogP contribution in [0.15, 0.2) is 54.4 Å². The van der Waals surface area contributed by atoms with Gasteiger partial charge in [0.15, 0.2) is 0 Å². The van der Waals surface area contributed by atoms with Crippen molar-refractivity contribution in [2.45, 2.75) is 32.4 Å². The van der Waals surface area contributed by atoms with Crippen LogP contribution in [0.4, 0.5) is 21.1 Å². The smallest absolute Gasteiger partial charge is 0.321 e. The molecule has 1 atom stereocenters. The van der Waals surface area contributed by atoms with E-state index in [1.807, 2.05) is 44.9 Å². The minimum Gasteiger partial charge on any atom is -0.378 e. The number of hydrogen-bond donors (Lipinski definition) is 2. The van der Waals surface area contributed by atoms with Gasteiger partial charge >= 0.3 is 12.1 Å². The number of nitrogens with one attached hydrogen (secondary N) is 2. The Kier molecular flexibility index (Phi) is 7.84. The van der Waals surface area contributed by atoms with Crippen molar-refractivity contribution in [1.82, 2.24) is 29.5 Å². The number of urea groups is 2. The molecule has 1 unspecified atom stereocenters. The molecule has 1 saturated heterocycles. The summed E-state index contributed by atoms with van der Waals surface area (Å²) in [6.07, 6.45) is 7.84. The molecule has 220 valence electrons. The number of aromatic nitrogens is 3. The van der Waals surface area contributed by atoms with Crippen molar-refractivity contribution in [2.75, 3.05) is 64.1 Å². The minimum atomic E-state index is -0.169. The number of hydrogen-bond acceptors (Lipinski definition) is 6. The highest BCUT2D eigenvalue weighted by Crippen LogP contribution is 2.40. The number of fused-ring (bicyclic) bond motifs is 1. The maximum Gasteiger partial charge on any atom is 0.321 e. The van der Waals surface area contributed by atoms with Gasteiger partial charge < -0.3 is 30.1 Å². The molecule has 11 heteroatoms. The molecule has 0 spiro atoms. The topological polar surface area (TPSA) is 108 Å². The van der Waals surface area contributed by atoms with Crippen molar-refractivity contribution in [3.63, 3.8) is 0 Å². The van der Waals surface area contributed by atoms with Crippen LogP contribution in [0.5, 0.6) is 0 Å². The summed E-state index contributed by atoms with van der Waals surface area (Å²) in [5.41, 5.74) is 7.29. The second-order valence-corrected chi connectivity index (χ2v) is 11.1. The number of ether oxygens (including phenoxy) is 1. The van der Waals surface area contributed by atoms with Crippen LogP contribution in [0.1, 0.15) is 18.9 Å². The van der Waals surface area contributed by atoms with E-state index in [0.29, 0.717) is 32.8 Å². The Labute approximate surface area is 246 Å². The van der Waals surface area contributed by atoms with Gasteiger partial charge in [-0.1, -0.05) is 18.2 Å². The van der Waals surface area contributed by atoms with Gasteiger partial charge in [-0.2, -0.15) is 5.10 Å². The fourth-order valence-electron chi connectivity index (χ4n) is 5.79. The lowest BCUT2D eigenvalue weighted by atomic mass is 9.93. The zero-order valence-corrected chi connectivity index (χ0v) is 24.5. The number of carbonyl (C=O) groups is 2. The molecule has 0 bridgehead atoms. The molecule has 0 aliphatic carbocycles. The largest absolute Gasteiger partial charge is 0.378 e. The van der Waals surface area contributed by atoms with Gasteiger partial charge in [0.2, 0.25) is 0 Å². The Balaban J connectivity index is 1.21. The second kappa shape index (κ2) is 11.8. The molecule has 0 radical (unpaired) electrons. The minimum absolute atomic E-state index is 0.105. The Morgan fingerprint density at radius 1 is 1.07 bits per heavy atom. The number of amides is 4. The van der Waals surface area contributed by atoms with Crippen LogP contribution in [-0.4, -0.2) is 101 Å². The van der Waals surface area contributed by atoms with E-state index in [2.05, 4.69) is 40.9 Å². The summed E-state index contributed by atoms with van der Waals surface area (Å²) >= 11 is 0. The molecule has 2 aromatic heterocycles. The first-order chi connectivity index (χ1) is 20.4. The van der Waals surface area contributed by atoms with E-state index in [-0.39, 0.29) is 18.1 Å². The summed E-state index contributed by atoms with van der Waals surface area (Å²) in [7, 11) is 3.43. The van der Waals surface area contributed by atoms with Crippen LogP contribution in [-0.2, 0) is 17.7 Å². The molecular weight excluding hydrogens is 532 g/mol. The SMILES string of the molecule is CCn1cc(-c2ccnc3c2CC(C2=CCN(C(=O)N4CCOCC4)CC2)N3)c(-c2ccc(NC(=O)N(C)C)cc2)n1. The van der Waals surface area contributed by atoms with E-state index in [1.54, 1.807) is 14.1 Å². The maximum atomic E-state index is 12.9. The van der Waals surface area contributed by atoms with Crippen molar-refractivity contribution >= 4 is 23.6 Å². The number of pyridine rings is 1. The first kappa shape index (κ1) is 27.8. The monoisotopic (exact) mass is 570 g/mol. The zero-order valence-electron chi connectivity index (χ0n) is 24.5. The number of anilines is 2. The first-order valence-electron chi connectivity index (χ1n) is 14.6. The summed E-state index contributed by atoms with van der Waals surface area (Å²) in [4.78, 5) is 35.0. The fourth-order valence-corrected chi connectivity index (χ4v) is 5.79. The van der Waals surface area contributed by atoms with Gasteiger partial charge in [0.25, 0.3) is 0 Å². The van der Waals surface area contributed by atoms with E-state index >= 15 is 0 Å². The number of nitrogens with zero attached hydrogens (tertiary/aromatic N) is 6. The second-order valence-electron chi connectivity index (χ2n) is 11.1. The van der Waals surface area contributed by atoms with Gasteiger partial charge in [0, 0.05) is 88.0 Å². The van der Waals surface area contributed by atoms with Crippen LogP contribution in [0.3, 0.4) is 0 Å². The molecule has 5 heterocycles. The molecular formula is C31H38N8O3. The molecule has 1 fully saturated rings. The lowest BCUT2D eigenvalue weighted by Crippen LogP contribution is -2.49. The first-order valence-corrected chi connectivity index (χ1v) is 14.6. The van der Waals surface area contributed by atoms with Crippen molar-refractivity contribution in [2.24, 2.45) is 0 Å². The highest BCUT2D eigenvalue weighted by atomic mass is 16.5. The zero-order chi connectivity index (χ0) is 29.2. The Morgan fingerprint density at radius 2 is 1.86 bits per heavy atom. The van der Waals surface area contributed by atoms with Gasteiger partial charge in [-0.3, -0.25) is 4.68 Å². The van der Waals surface area contributed by atoms with Crippen LogP contribution < -0.4 is 10.6 Å².